The number of aliphatic hydroxyl groups is 2. The Labute approximate surface area is 81.4 Å². The Bertz CT molecular complexity index is 329. The second-order valence-corrected chi connectivity index (χ2v) is 4.25. The molecule has 1 aliphatic heterocycles. The number of hydrogen-bond donors (Lipinski definition) is 2. The lowest BCUT2D eigenvalue weighted by molar-refractivity contribution is 0.258. The summed E-state index contributed by atoms with van der Waals surface area (Å²) in [5, 5.41) is 19.5. The standard InChI is InChI=1S/C9H13NO2S/c1-6-7(4-11)8(5-12)9-10(6)2-3-13-9/h11-12H,2-5H2,1H3. The Morgan fingerprint density at radius 3 is 2.62 bits per heavy atom. The molecule has 0 radical (unpaired) electrons. The number of thioether (sulfide) groups is 1. The third-order valence-corrected chi connectivity index (χ3v) is 3.71. The lowest BCUT2D eigenvalue weighted by atomic mass is 10.2. The maximum atomic E-state index is 9.19. The van der Waals surface area contributed by atoms with Crippen molar-refractivity contribution in [3.8, 4) is 0 Å². The van der Waals surface area contributed by atoms with Gasteiger partial charge in [-0.2, -0.15) is 0 Å². The summed E-state index contributed by atoms with van der Waals surface area (Å²) in [7, 11) is 0. The van der Waals surface area contributed by atoms with Gasteiger partial charge in [-0.3, -0.25) is 0 Å². The molecule has 0 saturated heterocycles. The molecule has 1 aliphatic rings. The molecule has 72 valence electrons. The van der Waals surface area contributed by atoms with E-state index in [-0.39, 0.29) is 13.2 Å². The van der Waals surface area contributed by atoms with Gasteiger partial charge in [-0.15, -0.1) is 11.8 Å². The van der Waals surface area contributed by atoms with Crippen LogP contribution in [-0.2, 0) is 19.8 Å². The van der Waals surface area contributed by atoms with Crippen LogP contribution in [0.15, 0.2) is 5.03 Å². The molecule has 1 aromatic heterocycles. The van der Waals surface area contributed by atoms with Crippen molar-refractivity contribution in [3.05, 3.63) is 16.8 Å². The first-order chi connectivity index (χ1) is 6.29. The Kier molecular flexibility index (Phi) is 2.36. The molecular weight excluding hydrogens is 186 g/mol. The Hall–Kier alpha value is -0.450. The van der Waals surface area contributed by atoms with Crippen LogP contribution in [0.5, 0.6) is 0 Å². The minimum Gasteiger partial charge on any atom is -0.392 e. The summed E-state index contributed by atoms with van der Waals surface area (Å²) in [6, 6.07) is 0. The van der Waals surface area contributed by atoms with Crippen molar-refractivity contribution in [3.63, 3.8) is 0 Å². The SMILES string of the molecule is Cc1c(CO)c(CO)c2n1CCS2. The van der Waals surface area contributed by atoms with Crippen LogP contribution in [0.1, 0.15) is 16.8 Å². The highest BCUT2D eigenvalue weighted by Crippen LogP contribution is 2.35. The maximum Gasteiger partial charge on any atom is 0.0810 e. The van der Waals surface area contributed by atoms with Crippen molar-refractivity contribution in [2.45, 2.75) is 31.7 Å². The van der Waals surface area contributed by atoms with Crippen LogP contribution in [-0.4, -0.2) is 20.5 Å². The number of rotatable bonds is 2. The van der Waals surface area contributed by atoms with Crippen LogP contribution in [0.25, 0.3) is 0 Å². The van der Waals surface area contributed by atoms with Crippen molar-refractivity contribution in [1.82, 2.24) is 4.57 Å². The predicted octanol–water partition coefficient (Wildman–Crippen LogP) is 0.887. The summed E-state index contributed by atoms with van der Waals surface area (Å²) in [4.78, 5) is 0. The molecule has 2 heterocycles. The van der Waals surface area contributed by atoms with Gasteiger partial charge < -0.3 is 14.8 Å². The minimum absolute atomic E-state index is 0.0300. The normalized spacial score (nSPS) is 15.0. The molecule has 0 atom stereocenters. The summed E-state index contributed by atoms with van der Waals surface area (Å²) >= 11 is 1.76. The largest absolute Gasteiger partial charge is 0.392 e. The van der Waals surface area contributed by atoms with Crippen LogP contribution < -0.4 is 0 Å². The topological polar surface area (TPSA) is 45.4 Å². The molecule has 0 spiro atoms. The highest BCUT2D eigenvalue weighted by molar-refractivity contribution is 7.99. The molecule has 0 unspecified atom stereocenters. The fraction of sp³-hybridized carbons (Fsp3) is 0.556. The van der Waals surface area contributed by atoms with E-state index in [2.05, 4.69) is 4.57 Å². The van der Waals surface area contributed by atoms with Gasteiger partial charge in [-0.1, -0.05) is 0 Å². The highest BCUT2D eigenvalue weighted by Gasteiger charge is 2.22. The molecule has 1 aromatic rings. The average Bonchev–Trinajstić information content (AvgIpc) is 2.67. The van der Waals surface area contributed by atoms with Gasteiger partial charge in [-0.25, -0.2) is 0 Å². The number of nitrogens with zero attached hydrogens (tertiary/aromatic N) is 1. The number of fused-ring (bicyclic) bond motifs is 1. The van der Waals surface area contributed by atoms with E-state index >= 15 is 0 Å². The van der Waals surface area contributed by atoms with Gasteiger partial charge in [-0.05, 0) is 6.92 Å². The van der Waals surface area contributed by atoms with E-state index in [1.165, 1.54) is 0 Å². The molecule has 0 saturated carbocycles. The van der Waals surface area contributed by atoms with E-state index < -0.39 is 0 Å². The zero-order valence-corrected chi connectivity index (χ0v) is 8.39. The van der Waals surface area contributed by atoms with Crippen LogP contribution in [0.4, 0.5) is 0 Å². The second-order valence-electron chi connectivity index (χ2n) is 3.16. The smallest absolute Gasteiger partial charge is 0.0810 e. The minimum atomic E-state index is 0.0300. The van der Waals surface area contributed by atoms with E-state index in [1.54, 1.807) is 11.8 Å². The van der Waals surface area contributed by atoms with E-state index in [0.29, 0.717) is 0 Å². The number of aliphatic hydroxyl groups excluding tert-OH is 2. The van der Waals surface area contributed by atoms with Gasteiger partial charge in [0.1, 0.15) is 0 Å². The molecular formula is C9H13NO2S. The molecule has 2 rings (SSSR count). The molecule has 0 fully saturated rings. The quantitative estimate of drug-likeness (QED) is 0.743. The van der Waals surface area contributed by atoms with Gasteiger partial charge in [0.2, 0.25) is 0 Å². The van der Waals surface area contributed by atoms with Gasteiger partial charge in [0.05, 0.1) is 18.2 Å². The Balaban J connectivity index is 2.58. The molecule has 3 nitrogen and oxygen atoms in total. The fourth-order valence-corrected chi connectivity index (χ4v) is 3.08. The maximum absolute atomic E-state index is 9.19. The van der Waals surface area contributed by atoms with Crippen molar-refractivity contribution in [1.29, 1.82) is 0 Å². The molecule has 0 amide bonds. The van der Waals surface area contributed by atoms with Gasteiger partial charge in [0, 0.05) is 29.1 Å². The first-order valence-electron chi connectivity index (χ1n) is 4.35. The summed E-state index contributed by atoms with van der Waals surface area (Å²) in [5.74, 6) is 1.08. The van der Waals surface area contributed by atoms with Gasteiger partial charge in [0.15, 0.2) is 0 Å². The molecule has 0 aromatic carbocycles. The van der Waals surface area contributed by atoms with Crippen molar-refractivity contribution in [2.24, 2.45) is 0 Å². The van der Waals surface area contributed by atoms with E-state index in [9.17, 15) is 5.11 Å². The van der Waals surface area contributed by atoms with Crippen LogP contribution >= 0.6 is 11.8 Å². The van der Waals surface area contributed by atoms with Crippen LogP contribution in [0, 0.1) is 6.92 Å². The summed E-state index contributed by atoms with van der Waals surface area (Å²) in [5.41, 5.74) is 2.93. The van der Waals surface area contributed by atoms with E-state index in [1.807, 2.05) is 6.92 Å². The highest BCUT2D eigenvalue weighted by atomic mass is 32.2. The lowest BCUT2D eigenvalue weighted by Gasteiger charge is -2.00. The number of aromatic nitrogens is 1. The number of hydrogen-bond acceptors (Lipinski definition) is 3. The molecule has 0 aliphatic carbocycles. The first-order valence-corrected chi connectivity index (χ1v) is 5.33. The summed E-state index contributed by atoms with van der Waals surface area (Å²) in [6.07, 6.45) is 0. The van der Waals surface area contributed by atoms with E-state index in [4.69, 9.17) is 5.11 Å². The van der Waals surface area contributed by atoms with Crippen molar-refractivity contribution >= 4 is 11.8 Å². The zero-order chi connectivity index (χ0) is 9.42. The third-order valence-electron chi connectivity index (χ3n) is 2.58. The monoisotopic (exact) mass is 199 g/mol. The summed E-state index contributed by atoms with van der Waals surface area (Å²) in [6.45, 7) is 3.06. The molecule has 4 heteroatoms. The Morgan fingerprint density at radius 1 is 1.31 bits per heavy atom. The van der Waals surface area contributed by atoms with Crippen LogP contribution in [0.3, 0.4) is 0 Å². The van der Waals surface area contributed by atoms with Crippen molar-refractivity contribution in [2.75, 3.05) is 5.75 Å². The zero-order valence-electron chi connectivity index (χ0n) is 7.58. The van der Waals surface area contributed by atoms with Crippen molar-refractivity contribution < 1.29 is 10.2 Å². The average molecular weight is 199 g/mol. The third kappa shape index (κ3) is 1.21. The summed E-state index contributed by atoms with van der Waals surface area (Å²) < 4.78 is 2.18. The molecule has 0 bridgehead atoms. The second kappa shape index (κ2) is 3.36. The Morgan fingerprint density at radius 2 is 2.00 bits per heavy atom. The van der Waals surface area contributed by atoms with Crippen LogP contribution in [0.2, 0.25) is 0 Å². The molecule has 2 N–H and O–H groups in total. The fourth-order valence-electron chi connectivity index (χ4n) is 1.87. The van der Waals surface area contributed by atoms with Gasteiger partial charge in [0.25, 0.3) is 0 Å². The first kappa shape index (κ1) is 9.12. The lowest BCUT2D eigenvalue weighted by Crippen LogP contribution is -1.97. The van der Waals surface area contributed by atoms with E-state index in [0.717, 1.165) is 34.1 Å². The predicted molar refractivity (Wildman–Crippen MR) is 51.7 cm³/mol. The van der Waals surface area contributed by atoms with Gasteiger partial charge >= 0.3 is 0 Å². The molecule has 13 heavy (non-hydrogen) atoms.